The van der Waals surface area contributed by atoms with Crippen molar-refractivity contribution in [3.05, 3.63) is 34.4 Å². The van der Waals surface area contributed by atoms with E-state index in [1.807, 2.05) is 0 Å². The molecule has 1 N–H and O–H groups in total. The molecule has 11 heteroatoms. The van der Waals surface area contributed by atoms with Crippen LogP contribution in [0.15, 0.2) is 24.3 Å². The van der Waals surface area contributed by atoms with Crippen LogP contribution in [0.4, 0.5) is 11.4 Å². The predicted molar refractivity (Wildman–Crippen MR) is 93.6 cm³/mol. The van der Waals surface area contributed by atoms with Gasteiger partial charge in [0.05, 0.1) is 18.1 Å². The number of carbonyl (C=O) groups is 1. The minimum absolute atomic E-state index is 0.0648. The molecule has 1 aromatic rings. The molecule has 1 saturated heterocycles. The van der Waals surface area contributed by atoms with Gasteiger partial charge in [-0.15, -0.1) is 0 Å². The third kappa shape index (κ3) is 4.46. The normalized spacial score (nSPS) is 20.9. The smallest absolute Gasteiger partial charge is 0.318 e. The largest absolute Gasteiger partial charge is 0.350 e. The van der Waals surface area contributed by atoms with Gasteiger partial charge in [-0.1, -0.05) is 12.1 Å². The zero-order valence-electron chi connectivity index (χ0n) is 14.8. The quantitative estimate of drug-likeness (QED) is 0.411. The third-order valence-electron chi connectivity index (χ3n) is 3.77. The monoisotopic (exact) mass is 387 g/mol. The van der Waals surface area contributed by atoms with Gasteiger partial charge in [0.1, 0.15) is 11.5 Å². The van der Waals surface area contributed by atoms with E-state index in [0.717, 1.165) is 0 Å². The van der Waals surface area contributed by atoms with Crippen molar-refractivity contribution in [3.8, 4) is 0 Å². The van der Waals surface area contributed by atoms with E-state index in [1.165, 1.54) is 30.3 Å². The number of nitro groups is 1. The number of benzene rings is 1. The van der Waals surface area contributed by atoms with Crippen molar-refractivity contribution in [3.63, 3.8) is 0 Å². The Morgan fingerprint density at radius 3 is 2.58 bits per heavy atom. The zero-order chi connectivity index (χ0) is 19.3. The third-order valence-corrected chi connectivity index (χ3v) is 6.27. The fourth-order valence-electron chi connectivity index (χ4n) is 2.66. The van der Waals surface area contributed by atoms with E-state index in [0.29, 0.717) is 0 Å². The van der Waals surface area contributed by atoms with Crippen LogP contribution in [0, 0.1) is 10.1 Å². The second-order valence-corrected chi connectivity index (χ2v) is 7.69. The van der Waals surface area contributed by atoms with Crippen LogP contribution in [-0.2, 0) is 23.2 Å². The number of nitrogens with one attached hydrogen (secondary N) is 1. The molecule has 0 unspecified atom stereocenters. The van der Waals surface area contributed by atoms with Crippen LogP contribution >= 0.6 is 7.60 Å². The van der Waals surface area contributed by atoms with Gasteiger partial charge in [-0.25, -0.2) is 0 Å². The number of hydrogen-bond donors (Lipinski definition) is 1. The first-order valence-corrected chi connectivity index (χ1v) is 9.76. The maximum absolute atomic E-state index is 12.9. The Kier molecular flexibility index (Phi) is 6.85. The molecule has 0 aliphatic carbocycles. The molecule has 1 aliphatic rings. The minimum Gasteiger partial charge on any atom is -0.318 e. The van der Waals surface area contributed by atoms with E-state index in [4.69, 9.17) is 13.9 Å². The number of para-hydroxylation sites is 2. The summed E-state index contributed by atoms with van der Waals surface area (Å²) in [5.74, 6) is -1.32. The second kappa shape index (κ2) is 8.70. The highest BCUT2D eigenvalue weighted by atomic mass is 31.2. The summed E-state index contributed by atoms with van der Waals surface area (Å²) >= 11 is 0. The SMILES string of the molecule is CCOP(=O)(OCC)[C@@H]1C[C@@H](C(=O)Nc2ccccc2[N+](=O)[O-])ON1C. The topological polar surface area (TPSA) is 120 Å². The average Bonchev–Trinajstić information content (AvgIpc) is 2.98. The molecule has 2 rings (SSSR count). The van der Waals surface area contributed by atoms with Crippen LogP contribution in [0.25, 0.3) is 0 Å². The highest BCUT2D eigenvalue weighted by Gasteiger charge is 2.48. The number of hydroxylamine groups is 2. The van der Waals surface area contributed by atoms with Gasteiger partial charge in [0.15, 0.2) is 6.10 Å². The molecule has 0 aromatic heterocycles. The zero-order valence-corrected chi connectivity index (χ0v) is 15.7. The van der Waals surface area contributed by atoms with E-state index < -0.39 is 30.3 Å². The number of nitro benzene ring substituents is 1. The molecule has 2 atom stereocenters. The Bertz CT molecular complexity index is 704. The van der Waals surface area contributed by atoms with Crippen molar-refractivity contribution in [2.75, 3.05) is 25.6 Å². The summed E-state index contributed by atoms with van der Waals surface area (Å²) in [6.45, 7) is 3.77. The molecular weight excluding hydrogens is 365 g/mol. The molecule has 0 bridgehead atoms. The van der Waals surface area contributed by atoms with Gasteiger partial charge >= 0.3 is 7.60 Å². The van der Waals surface area contributed by atoms with Crippen molar-refractivity contribution in [1.82, 2.24) is 5.06 Å². The van der Waals surface area contributed by atoms with Crippen molar-refractivity contribution in [2.45, 2.75) is 32.2 Å². The molecule has 1 heterocycles. The van der Waals surface area contributed by atoms with Crippen molar-refractivity contribution >= 4 is 24.9 Å². The molecule has 0 saturated carbocycles. The number of anilines is 1. The van der Waals surface area contributed by atoms with Gasteiger partial charge in [0.25, 0.3) is 11.6 Å². The number of hydrogen-bond acceptors (Lipinski definition) is 8. The van der Waals surface area contributed by atoms with Crippen molar-refractivity contribution < 1.29 is 28.2 Å². The second-order valence-electron chi connectivity index (χ2n) is 5.50. The Hall–Kier alpha value is -1.84. The summed E-state index contributed by atoms with van der Waals surface area (Å²) in [6, 6.07) is 5.80. The predicted octanol–water partition coefficient (Wildman–Crippen LogP) is 2.76. The molecule has 26 heavy (non-hydrogen) atoms. The van der Waals surface area contributed by atoms with Crippen LogP contribution in [0.1, 0.15) is 20.3 Å². The van der Waals surface area contributed by atoms with Gasteiger partial charge in [0.2, 0.25) is 0 Å². The minimum atomic E-state index is -3.50. The highest BCUT2D eigenvalue weighted by molar-refractivity contribution is 7.54. The van der Waals surface area contributed by atoms with Crippen LogP contribution in [0.2, 0.25) is 0 Å². The first-order valence-electron chi connectivity index (χ1n) is 8.15. The number of nitrogens with zero attached hydrogens (tertiary/aromatic N) is 2. The average molecular weight is 387 g/mol. The van der Waals surface area contributed by atoms with Crippen molar-refractivity contribution in [2.24, 2.45) is 0 Å². The Morgan fingerprint density at radius 1 is 1.38 bits per heavy atom. The molecule has 1 fully saturated rings. The first kappa shape index (κ1) is 20.5. The summed E-state index contributed by atoms with van der Waals surface area (Å²) in [6.07, 6.45) is -0.903. The summed E-state index contributed by atoms with van der Waals surface area (Å²) in [4.78, 5) is 28.4. The fraction of sp³-hybridized carbons (Fsp3) is 0.533. The standard InChI is InChI=1S/C15H22N3O7P/c1-4-23-26(22,24-5-2)14-10-13(25-17(14)3)15(19)16-11-8-6-7-9-12(11)18(20)21/h6-9,13-14H,4-5,10H2,1-3H3,(H,16,19)/t13-,14+/m0/s1. The van der Waals surface area contributed by atoms with Crippen LogP contribution in [0.5, 0.6) is 0 Å². The van der Waals surface area contributed by atoms with Crippen LogP contribution < -0.4 is 5.32 Å². The summed E-state index contributed by atoms with van der Waals surface area (Å²) < 4.78 is 23.5. The van der Waals surface area contributed by atoms with E-state index in [1.54, 1.807) is 19.9 Å². The molecule has 144 valence electrons. The molecule has 10 nitrogen and oxygen atoms in total. The molecular formula is C15H22N3O7P. The lowest BCUT2D eigenvalue weighted by Gasteiger charge is -2.25. The van der Waals surface area contributed by atoms with Gasteiger partial charge in [0, 0.05) is 19.5 Å². The fourth-order valence-corrected chi connectivity index (χ4v) is 4.70. The molecule has 1 amide bonds. The van der Waals surface area contributed by atoms with Gasteiger partial charge in [-0.05, 0) is 19.9 Å². The number of rotatable bonds is 8. The summed E-state index contributed by atoms with van der Waals surface area (Å²) in [7, 11) is -1.96. The first-order chi connectivity index (χ1) is 12.3. The maximum Gasteiger partial charge on any atom is 0.350 e. The van der Waals surface area contributed by atoms with E-state index >= 15 is 0 Å². The van der Waals surface area contributed by atoms with Gasteiger partial charge in [-0.2, -0.15) is 5.06 Å². The van der Waals surface area contributed by atoms with E-state index in [2.05, 4.69) is 5.32 Å². The lowest BCUT2D eigenvalue weighted by Crippen LogP contribution is -2.28. The molecule has 1 aliphatic heterocycles. The summed E-state index contributed by atoms with van der Waals surface area (Å²) in [5, 5.41) is 14.8. The lowest BCUT2D eigenvalue weighted by molar-refractivity contribution is -0.383. The van der Waals surface area contributed by atoms with Crippen molar-refractivity contribution in [1.29, 1.82) is 0 Å². The van der Waals surface area contributed by atoms with Crippen LogP contribution in [-0.4, -0.2) is 48.0 Å². The lowest BCUT2D eigenvalue weighted by atomic mass is 10.2. The van der Waals surface area contributed by atoms with E-state index in [9.17, 15) is 19.5 Å². The van der Waals surface area contributed by atoms with Crippen LogP contribution in [0.3, 0.4) is 0 Å². The van der Waals surface area contributed by atoms with E-state index in [-0.39, 0.29) is 31.0 Å². The Morgan fingerprint density at radius 2 is 2.00 bits per heavy atom. The Labute approximate surface area is 151 Å². The molecule has 0 spiro atoms. The van der Waals surface area contributed by atoms with Gasteiger partial charge in [-0.3, -0.25) is 24.3 Å². The number of carbonyl (C=O) groups excluding carboxylic acids is 1. The maximum atomic E-state index is 12.9. The molecule has 1 aromatic carbocycles. The Balaban J connectivity index is 2.13. The number of amides is 1. The summed E-state index contributed by atoms with van der Waals surface area (Å²) in [5.41, 5.74) is -0.159. The van der Waals surface area contributed by atoms with Gasteiger partial charge < -0.3 is 14.4 Å². The molecule has 0 radical (unpaired) electrons. The highest BCUT2D eigenvalue weighted by Crippen LogP contribution is 2.57.